The van der Waals surface area contributed by atoms with Crippen molar-refractivity contribution in [2.45, 2.75) is 65.4 Å². The topological polar surface area (TPSA) is 60.7 Å². The smallest absolute Gasteiger partial charge is 0.100 e. The summed E-state index contributed by atoms with van der Waals surface area (Å²) in [5, 5.41) is 28.3. The standard InChI is InChI=1S/C20H34O3/c1-14-6-9-18-19(2,3)10-5-11-20(18,4)16(14)8-7-15(12-21)17(23)13-22/h7,16-18,21-23H,1,5-6,8-13H2,2-4H3/b15-7+. The highest BCUT2D eigenvalue weighted by molar-refractivity contribution is 5.19. The molecule has 3 N–H and O–H groups in total. The van der Waals surface area contributed by atoms with Crippen molar-refractivity contribution in [1.82, 2.24) is 0 Å². The summed E-state index contributed by atoms with van der Waals surface area (Å²) in [5.74, 6) is 1.10. The van der Waals surface area contributed by atoms with Gasteiger partial charge in [0, 0.05) is 0 Å². The third kappa shape index (κ3) is 3.57. The van der Waals surface area contributed by atoms with Gasteiger partial charge in [-0.15, -0.1) is 0 Å². The Labute approximate surface area is 141 Å². The Morgan fingerprint density at radius 2 is 2.00 bits per heavy atom. The molecule has 0 bridgehead atoms. The van der Waals surface area contributed by atoms with Crippen LogP contribution in [0.2, 0.25) is 0 Å². The molecule has 4 atom stereocenters. The second-order valence-corrected chi connectivity index (χ2v) is 8.52. The summed E-state index contributed by atoms with van der Waals surface area (Å²) in [5.41, 5.74) is 2.47. The molecule has 4 unspecified atom stereocenters. The maximum atomic E-state index is 9.79. The molecule has 2 fully saturated rings. The van der Waals surface area contributed by atoms with Crippen LogP contribution in [0, 0.1) is 22.7 Å². The summed E-state index contributed by atoms with van der Waals surface area (Å²) < 4.78 is 0. The van der Waals surface area contributed by atoms with Gasteiger partial charge in [-0.05, 0) is 60.3 Å². The second-order valence-electron chi connectivity index (χ2n) is 8.52. The van der Waals surface area contributed by atoms with E-state index in [0.29, 0.717) is 22.8 Å². The highest BCUT2D eigenvalue weighted by atomic mass is 16.3. The normalized spacial score (nSPS) is 35.7. The van der Waals surface area contributed by atoms with E-state index >= 15 is 0 Å². The highest BCUT2D eigenvalue weighted by Gasteiger charge is 2.52. The molecule has 0 amide bonds. The van der Waals surface area contributed by atoms with Crippen molar-refractivity contribution in [2.75, 3.05) is 13.2 Å². The molecule has 0 aromatic rings. The van der Waals surface area contributed by atoms with E-state index < -0.39 is 6.10 Å². The van der Waals surface area contributed by atoms with E-state index in [-0.39, 0.29) is 18.6 Å². The summed E-state index contributed by atoms with van der Waals surface area (Å²) in [6.45, 7) is 11.0. The number of fused-ring (bicyclic) bond motifs is 1. The summed E-state index contributed by atoms with van der Waals surface area (Å²) in [6.07, 6.45) is 7.89. The zero-order valence-corrected chi connectivity index (χ0v) is 15.0. The van der Waals surface area contributed by atoms with Gasteiger partial charge in [-0.3, -0.25) is 0 Å². The van der Waals surface area contributed by atoms with E-state index in [1.54, 1.807) is 0 Å². The molecule has 3 nitrogen and oxygen atoms in total. The van der Waals surface area contributed by atoms with Crippen molar-refractivity contribution >= 4 is 0 Å². The maximum absolute atomic E-state index is 9.79. The number of hydrogen-bond acceptors (Lipinski definition) is 3. The average Bonchev–Trinajstić information content (AvgIpc) is 2.48. The van der Waals surface area contributed by atoms with Crippen LogP contribution in [-0.4, -0.2) is 34.6 Å². The molecular weight excluding hydrogens is 288 g/mol. The third-order valence-corrected chi connectivity index (χ3v) is 6.72. The molecular formula is C20H34O3. The Bertz CT molecular complexity index is 466. The Morgan fingerprint density at radius 3 is 2.61 bits per heavy atom. The van der Waals surface area contributed by atoms with E-state index in [9.17, 15) is 10.2 Å². The van der Waals surface area contributed by atoms with Crippen LogP contribution < -0.4 is 0 Å². The molecule has 2 aliphatic carbocycles. The van der Waals surface area contributed by atoms with Gasteiger partial charge in [0.2, 0.25) is 0 Å². The predicted molar refractivity (Wildman–Crippen MR) is 94.0 cm³/mol. The lowest BCUT2D eigenvalue weighted by molar-refractivity contribution is -0.0511. The van der Waals surface area contributed by atoms with Crippen LogP contribution >= 0.6 is 0 Å². The molecule has 0 aliphatic heterocycles. The Hall–Kier alpha value is -0.640. The zero-order valence-electron chi connectivity index (χ0n) is 15.0. The lowest BCUT2D eigenvalue weighted by Gasteiger charge is -2.58. The largest absolute Gasteiger partial charge is 0.393 e. The van der Waals surface area contributed by atoms with Crippen molar-refractivity contribution in [3.8, 4) is 0 Å². The van der Waals surface area contributed by atoms with Crippen LogP contribution in [-0.2, 0) is 0 Å². The van der Waals surface area contributed by atoms with Crippen LogP contribution in [0.4, 0.5) is 0 Å². The molecule has 23 heavy (non-hydrogen) atoms. The van der Waals surface area contributed by atoms with Gasteiger partial charge >= 0.3 is 0 Å². The summed E-state index contributed by atoms with van der Waals surface area (Å²) in [4.78, 5) is 0. The molecule has 2 rings (SSSR count). The Morgan fingerprint density at radius 1 is 1.30 bits per heavy atom. The molecule has 0 saturated heterocycles. The number of allylic oxidation sites excluding steroid dienone is 2. The van der Waals surface area contributed by atoms with Gasteiger partial charge in [-0.25, -0.2) is 0 Å². The van der Waals surface area contributed by atoms with E-state index in [2.05, 4.69) is 27.4 Å². The Balaban J connectivity index is 2.25. The quantitative estimate of drug-likeness (QED) is 0.679. The summed E-state index contributed by atoms with van der Waals surface area (Å²) >= 11 is 0. The fraction of sp³-hybridized carbons (Fsp3) is 0.800. The molecule has 2 saturated carbocycles. The monoisotopic (exact) mass is 322 g/mol. The average molecular weight is 322 g/mol. The number of aliphatic hydroxyl groups excluding tert-OH is 3. The second kappa shape index (κ2) is 7.08. The third-order valence-electron chi connectivity index (χ3n) is 6.72. The molecule has 0 aromatic carbocycles. The van der Waals surface area contributed by atoms with Crippen molar-refractivity contribution in [3.05, 3.63) is 23.8 Å². The van der Waals surface area contributed by atoms with E-state index in [4.69, 9.17) is 5.11 Å². The predicted octanol–water partition coefficient (Wildman–Crippen LogP) is 3.45. The molecule has 132 valence electrons. The lowest BCUT2D eigenvalue weighted by Crippen LogP contribution is -2.49. The van der Waals surface area contributed by atoms with Gasteiger partial charge in [0.25, 0.3) is 0 Å². The van der Waals surface area contributed by atoms with Crippen molar-refractivity contribution in [3.63, 3.8) is 0 Å². The fourth-order valence-electron chi connectivity index (χ4n) is 5.40. The van der Waals surface area contributed by atoms with Gasteiger partial charge in [-0.1, -0.05) is 45.4 Å². The molecule has 0 heterocycles. The number of rotatable bonds is 5. The first-order valence-electron chi connectivity index (χ1n) is 9.02. The minimum Gasteiger partial charge on any atom is -0.393 e. The maximum Gasteiger partial charge on any atom is 0.100 e. The minimum atomic E-state index is -0.955. The summed E-state index contributed by atoms with van der Waals surface area (Å²) in [6, 6.07) is 0. The van der Waals surface area contributed by atoms with Crippen LogP contribution in [0.15, 0.2) is 23.8 Å². The molecule has 0 spiro atoms. The van der Waals surface area contributed by atoms with Gasteiger partial charge in [0.1, 0.15) is 6.10 Å². The van der Waals surface area contributed by atoms with Crippen LogP contribution in [0.25, 0.3) is 0 Å². The molecule has 0 radical (unpaired) electrons. The first-order valence-corrected chi connectivity index (χ1v) is 9.02. The van der Waals surface area contributed by atoms with Crippen LogP contribution in [0.1, 0.15) is 59.3 Å². The van der Waals surface area contributed by atoms with Gasteiger partial charge < -0.3 is 15.3 Å². The zero-order chi connectivity index (χ0) is 17.3. The van der Waals surface area contributed by atoms with Gasteiger partial charge in [-0.2, -0.15) is 0 Å². The lowest BCUT2D eigenvalue weighted by atomic mass is 9.47. The number of hydrogen-bond donors (Lipinski definition) is 3. The molecule has 2 aliphatic rings. The van der Waals surface area contributed by atoms with E-state index in [0.717, 1.165) is 12.8 Å². The Kier molecular flexibility index (Phi) is 5.76. The van der Waals surface area contributed by atoms with Gasteiger partial charge in [0.15, 0.2) is 0 Å². The van der Waals surface area contributed by atoms with E-state index in [1.807, 2.05) is 6.08 Å². The first-order chi connectivity index (χ1) is 10.8. The van der Waals surface area contributed by atoms with E-state index in [1.165, 1.54) is 31.3 Å². The SMILES string of the molecule is C=C1CCC2C(C)(C)CCCC2(C)C1C/C=C(\CO)C(O)CO. The first kappa shape index (κ1) is 18.7. The van der Waals surface area contributed by atoms with Crippen molar-refractivity contribution < 1.29 is 15.3 Å². The van der Waals surface area contributed by atoms with Gasteiger partial charge in [0.05, 0.1) is 13.2 Å². The van der Waals surface area contributed by atoms with Crippen molar-refractivity contribution in [2.24, 2.45) is 22.7 Å². The fourth-order valence-corrected chi connectivity index (χ4v) is 5.40. The van der Waals surface area contributed by atoms with Crippen molar-refractivity contribution in [1.29, 1.82) is 0 Å². The number of aliphatic hydroxyl groups is 3. The molecule has 0 aromatic heterocycles. The summed E-state index contributed by atoms with van der Waals surface area (Å²) in [7, 11) is 0. The van der Waals surface area contributed by atoms with Crippen LogP contribution in [0.5, 0.6) is 0 Å². The minimum absolute atomic E-state index is 0.202. The highest BCUT2D eigenvalue weighted by Crippen LogP contribution is 2.61. The molecule has 3 heteroatoms. The van der Waals surface area contributed by atoms with Crippen LogP contribution in [0.3, 0.4) is 0 Å².